The number of benzene rings is 1. The lowest BCUT2D eigenvalue weighted by Crippen LogP contribution is -2.50. The van der Waals surface area contributed by atoms with Crippen molar-refractivity contribution in [1.29, 1.82) is 0 Å². The number of nitrogens with one attached hydrogen (secondary N) is 1. The molecule has 2 aliphatic heterocycles. The summed E-state index contributed by atoms with van der Waals surface area (Å²) in [6.07, 6.45) is 1.73. The zero-order valence-corrected chi connectivity index (χ0v) is 14.9. The van der Waals surface area contributed by atoms with Crippen LogP contribution in [-0.4, -0.2) is 48.8 Å². The minimum Gasteiger partial charge on any atom is -0.487 e. The molecule has 3 rings (SSSR count). The van der Waals surface area contributed by atoms with Crippen LogP contribution in [0.25, 0.3) is 0 Å². The molecule has 24 heavy (non-hydrogen) atoms. The highest BCUT2D eigenvalue weighted by molar-refractivity contribution is 5.81. The van der Waals surface area contributed by atoms with Crippen molar-refractivity contribution in [2.75, 3.05) is 26.3 Å². The first-order valence-electron chi connectivity index (χ1n) is 8.89. The highest BCUT2D eigenvalue weighted by Gasteiger charge is 2.30. The van der Waals surface area contributed by atoms with Crippen LogP contribution in [-0.2, 0) is 22.5 Å². The average molecular weight is 332 g/mol. The molecule has 0 spiro atoms. The molecule has 1 N–H and O–H groups in total. The minimum absolute atomic E-state index is 0.0643. The molecule has 1 unspecified atom stereocenters. The number of carbonyl (C=O) groups excluding carboxylic acids is 1. The molecular weight excluding hydrogens is 304 g/mol. The number of hydrogen-bond acceptors (Lipinski definition) is 4. The second-order valence-electron chi connectivity index (χ2n) is 7.27. The number of nitrogens with zero attached hydrogens (tertiary/aromatic N) is 1. The van der Waals surface area contributed by atoms with Gasteiger partial charge < -0.3 is 14.8 Å². The van der Waals surface area contributed by atoms with E-state index in [-0.39, 0.29) is 17.6 Å². The van der Waals surface area contributed by atoms with Gasteiger partial charge in [0.25, 0.3) is 0 Å². The molecule has 1 amide bonds. The first kappa shape index (κ1) is 17.2. The molecule has 2 heterocycles. The third-order valence-electron chi connectivity index (χ3n) is 4.77. The van der Waals surface area contributed by atoms with Crippen molar-refractivity contribution in [3.05, 3.63) is 29.3 Å². The normalized spacial score (nSPS) is 21.0. The molecule has 2 aliphatic rings. The molecular formula is C19H28N2O3. The molecule has 0 radical (unpaired) electrons. The summed E-state index contributed by atoms with van der Waals surface area (Å²) < 4.78 is 11.3. The van der Waals surface area contributed by atoms with Crippen LogP contribution >= 0.6 is 0 Å². The zero-order chi connectivity index (χ0) is 17.2. The number of amides is 1. The predicted octanol–water partition coefficient (Wildman–Crippen LogP) is 2.13. The van der Waals surface area contributed by atoms with E-state index < -0.39 is 0 Å². The van der Waals surface area contributed by atoms with E-state index in [0.717, 1.165) is 37.2 Å². The van der Waals surface area contributed by atoms with E-state index in [4.69, 9.17) is 9.47 Å². The first-order valence-corrected chi connectivity index (χ1v) is 8.89. The molecule has 1 aromatic rings. The molecule has 1 atom stereocenters. The molecule has 132 valence electrons. The van der Waals surface area contributed by atoms with E-state index in [1.54, 1.807) is 0 Å². The highest BCUT2D eigenvalue weighted by atomic mass is 16.5. The van der Waals surface area contributed by atoms with Gasteiger partial charge in [0.2, 0.25) is 5.91 Å². The Labute approximate surface area is 144 Å². The number of morpholine rings is 1. The zero-order valence-electron chi connectivity index (χ0n) is 14.9. The van der Waals surface area contributed by atoms with Crippen molar-refractivity contribution in [3.63, 3.8) is 0 Å². The van der Waals surface area contributed by atoms with Crippen molar-refractivity contribution in [2.45, 2.75) is 51.8 Å². The molecule has 0 aliphatic carbocycles. The van der Waals surface area contributed by atoms with Crippen LogP contribution in [0, 0.1) is 0 Å². The van der Waals surface area contributed by atoms with Crippen molar-refractivity contribution in [1.82, 2.24) is 10.2 Å². The van der Waals surface area contributed by atoms with Crippen LogP contribution < -0.4 is 10.1 Å². The van der Waals surface area contributed by atoms with E-state index in [1.165, 1.54) is 5.56 Å². The van der Waals surface area contributed by atoms with Gasteiger partial charge >= 0.3 is 0 Å². The molecule has 0 bridgehead atoms. The molecule has 5 nitrogen and oxygen atoms in total. The maximum atomic E-state index is 12.6. The number of ether oxygens (including phenoxy) is 2. The smallest absolute Gasteiger partial charge is 0.237 e. The highest BCUT2D eigenvalue weighted by Crippen LogP contribution is 2.35. The van der Waals surface area contributed by atoms with Crippen molar-refractivity contribution < 1.29 is 14.3 Å². The fraction of sp³-hybridized carbons (Fsp3) is 0.632. The van der Waals surface area contributed by atoms with Gasteiger partial charge in [-0.05, 0) is 37.5 Å². The number of carbonyl (C=O) groups is 1. The van der Waals surface area contributed by atoms with Gasteiger partial charge in [-0.3, -0.25) is 9.69 Å². The fourth-order valence-electron chi connectivity index (χ4n) is 3.58. The monoisotopic (exact) mass is 332 g/mol. The maximum Gasteiger partial charge on any atom is 0.237 e. The number of hydrogen-bond donors (Lipinski definition) is 1. The van der Waals surface area contributed by atoms with Gasteiger partial charge in [0, 0.05) is 26.1 Å². The lowest BCUT2D eigenvalue weighted by Gasteiger charge is -2.32. The average Bonchev–Trinajstić information content (AvgIpc) is 2.87. The Balaban J connectivity index is 1.58. The Bertz CT molecular complexity index is 594. The van der Waals surface area contributed by atoms with Gasteiger partial charge in [-0.2, -0.15) is 0 Å². The van der Waals surface area contributed by atoms with Crippen molar-refractivity contribution in [2.24, 2.45) is 0 Å². The van der Waals surface area contributed by atoms with E-state index in [0.29, 0.717) is 19.8 Å². The Hall–Kier alpha value is -1.59. The quantitative estimate of drug-likeness (QED) is 0.897. The van der Waals surface area contributed by atoms with Crippen molar-refractivity contribution in [3.8, 4) is 5.75 Å². The summed E-state index contributed by atoms with van der Waals surface area (Å²) in [5.74, 6) is 1.08. The van der Waals surface area contributed by atoms with E-state index in [1.807, 2.05) is 12.1 Å². The second-order valence-corrected chi connectivity index (χ2v) is 7.27. The van der Waals surface area contributed by atoms with Crippen LogP contribution in [0.5, 0.6) is 5.75 Å². The van der Waals surface area contributed by atoms with Crippen molar-refractivity contribution >= 4 is 5.91 Å². The van der Waals surface area contributed by atoms with Crippen LogP contribution in [0.2, 0.25) is 0 Å². The van der Waals surface area contributed by atoms with Gasteiger partial charge in [0.1, 0.15) is 11.4 Å². The van der Waals surface area contributed by atoms with Crippen LogP contribution in [0.3, 0.4) is 0 Å². The Morgan fingerprint density at radius 1 is 1.33 bits per heavy atom. The van der Waals surface area contributed by atoms with Gasteiger partial charge in [-0.1, -0.05) is 19.1 Å². The topological polar surface area (TPSA) is 50.8 Å². The Kier molecular flexibility index (Phi) is 5.11. The molecule has 5 heteroatoms. The van der Waals surface area contributed by atoms with Gasteiger partial charge in [0.15, 0.2) is 0 Å². The Morgan fingerprint density at radius 2 is 2.08 bits per heavy atom. The molecule has 1 saturated heterocycles. The summed E-state index contributed by atoms with van der Waals surface area (Å²) in [6.45, 7) is 9.91. The summed E-state index contributed by atoms with van der Waals surface area (Å²) in [6, 6.07) is 6.15. The third-order valence-corrected chi connectivity index (χ3v) is 4.77. The SMILES string of the molecule is CCC(C(=O)NCc1ccc2c(c1)CC(C)(C)O2)N1CCOCC1. The molecule has 0 aromatic heterocycles. The van der Waals surface area contributed by atoms with Gasteiger partial charge in [-0.15, -0.1) is 0 Å². The Morgan fingerprint density at radius 3 is 2.79 bits per heavy atom. The number of fused-ring (bicyclic) bond motifs is 1. The van der Waals surface area contributed by atoms with Crippen LogP contribution in [0.4, 0.5) is 0 Å². The first-order chi connectivity index (χ1) is 11.5. The number of rotatable bonds is 5. The van der Waals surface area contributed by atoms with E-state index in [9.17, 15) is 4.79 Å². The molecule has 0 saturated carbocycles. The fourth-order valence-corrected chi connectivity index (χ4v) is 3.58. The molecule has 1 fully saturated rings. The summed E-state index contributed by atoms with van der Waals surface area (Å²) >= 11 is 0. The maximum absolute atomic E-state index is 12.6. The summed E-state index contributed by atoms with van der Waals surface area (Å²) in [5.41, 5.74) is 2.22. The lowest BCUT2D eigenvalue weighted by molar-refractivity contribution is -0.128. The predicted molar refractivity (Wildman–Crippen MR) is 93.2 cm³/mol. The van der Waals surface area contributed by atoms with Crippen LogP contribution in [0.15, 0.2) is 18.2 Å². The van der Waals surface area contributed by atoms with Gasteiger partial charge in [-0.25, -0.2) is 0 Å². The second kappa shape index (κ2) is 7.11. The largest absolute Gasteiger partial charge is 0.487 e. The summed E-state index contributed by atoms with van der Waals surface area (Å²) in [5, 5.41) is 3.10. The lowest BCUT2D eigenvalue weighted by atomic mass is 10.0. The summed E-state index contributed by atoms with van der Waals surface area (Å²) in [7, 11) is 0. The summed E-state index contributed by atoms with van der Waals surface area (Å²) in [4.78, 5) is 14.8. The van der Waals surface area contributed by atoms with E-state index >= 15 is 0 Å². The minimum atomic E-state index is -0.131. The van der Waals surface area contributed by atoms with Gasteiger partial charge in [0.05, 0.1) is 19.3 Å². The molecule has 1 aromatic carbocycles. The van der Waals surface area contributed by atoms with E-state index in [2.05, 4.69) is 37.1 Å². The van der Waals surface area contributed by atoms with Crippen LogP contribution in [0.1, 0.15) is 38.3 Å². The standard InChI is InChI=1S/C19H28N2O3/c1-4-16(21-7-9-23-10-8-21)18(22)20-13-14-5-6-17-15(11-14)12-19(2,3)24-17/h5-6,11,16H,4,7-10,12-13H2,1-3H3,(H,20,22). The third kappa shape index (κ3) is 3.90.